The van der Waals surface area contributed by atoms with Gasteiger partial charge in [-0.05, 0) is 53.9 Å². The molecule has 1 aliphatic carbocycles. The van der Waals surface area contributed by atoms with Gasteiger partial charge in [0.25, 0.3) is 0 Å². The summed E-state index contributed by atoms with van der Waals surface area (Å²) in [5, 5.41) is 6.46. The molecule has 1 heterocycles. The van der Waals surface area contributed by atoms with E-state index in [-0.39, 0.29) is 18.2 Å². The van der Waals surface area contributed by atoms with Crippen LogP contribution in [0.3, 0.4) is 0 Å². The first kappa shape index (κ1) is 17.5. The van der Waals surface area contributed by atoms with E-state index in [1.807, 2.05) is 34.6 Å². The Morgan fingerprint density at radius 2 is 1.95 bits per heavy atom. The quantitative estimate of drug-likeness (QED) is 0.832. The van der Waals surface area contributed by atoms with Crippen molar-refractivity contribution in [1.29, 1.82) is 0 Å². The van der Waals surface area contributed by atoms with Crippen molar-refractivity contribution in [3.8, 4) is 0 Å². The Kier molecular flexibility index (Phi) is 5.35. The zero-order valence-electron chi connectivity index (χ0n) is 14.4. The molecule has 3 atom stereocenters. The Balaban J connectivity index is 1.65. The number of hydrogen-bond acceptors (Lipinski definition) is 5. The second-order valence-electron chi connectivity index (χ2n) is 7.71. The van der Waals surface area contributed by atoms with Crippen molar-refractivity contribution in [3.63, 3.8) is 0 Å². The Bertz CT molecular complexity index is 392. The predicted molar refractivity (Wildman–Crippen MR) is 83.7 cm³/mol. The van der Waals surface area contributed by atoms with Crippen LogP contribution < -0.4 is 10.6 Å². The van der Waals surface area contributed by atoms with Crippen LogP contribution in [0.1, 0.15) is 53.9 Å². The van der Waals surface area contributed by atoms with Gasteiger partial charge < -0.3 is 24.8 Å². The number of amides is 1. The van der Waals surface area contributed by atoms with Crippen molar-refractivity contribution >= 4 is 6.09 Å². The van der Waals surface area contributed by atoms with Gasteiger partial charge in [-0.2, -0.15) is 0 Å². The third kappa shape index (κ3) is 5.74. The van der Waals surface area contributed by atoms with Gasteiger partial charge in [-0.25, -0.2) is 4.79 Å². The lowest BCUT2D eigenvalue weighted by Crippen LogP contribution is -2.40. The van der Waals surface area contributed by atoms with Gasteiger partial charge in [0.05, 0.1) is 12.7 Å². The fourth-order valence-corrected chi connectivity index (χ4v) is 2.93. The van der Waals surface area contributed by atoms with Crippen molar-refractivity contribution in [2.45, 2.75) is 83.5 Å². The van der Waals surface area contributed by atoms with E-state index in [2.05, 4.69) is 10.6 Å². The van der Waals surface area contributed by atoms with Crippen molar-refractivity contribution in [2.75, 3.05) is 13.2 Å². The Hall–Kier alpha value is -0.850. The summed E-state index contributed by atoms with van der Waals surface area (Å²) in [5.41, 5.74) is -0.451. The molecule has 2 N–H and O–H groups in total. The molecule has 1 saturated heterocycles. The highest BCUT2D eigenvalue weighted by Crippen LogP contribution is 2.23. The first-order valence-electron chi connectivity index (χ1n) is 8.18. The maximum absolute atomic E-state index is 11.8. The molecule has 2 rings (SSSR count). The molecule has 22 heavy (non-hydrogen) atoms. The van der Waals surface area contributed by atoms with E-state index in [9.17, 15) is 4.79 Å². The number of alkyl carbamates (subject to hydrolysis) is 1. The molecular formula is C16H30N2O4. The highest BCUT2D eigenvalue weighted by molar-refractivity contribution is 5.68. The van der Waals surface area contributed by atoms with E-state index in [0.29, 0.717) is 12.6 Å². The van der Waals surface area contributed by atoms with Crippen LogP contribution in [0.5, 0.6) is 0 Å². The maximum atomic E-state index is 11.8. The van der Waals surface area contributed by atoms with Gasteiger partial charge in [0.15, 0.2) is 5.79 Å². The number of hydrogen-bond donors (Lipinski definition) is 2. The summed E-state index contributed by atoms with van der Waals surface area (Å²) in [5.74, 6) is -0.469. The van der Waals surface area contributed by atoms with Gasteiger partial charge in [-0.15, -0.1) is 0 Å². The average Bonchev–Trinajstić information content (AvgIpc) is 2.90. The maximum Gasteiger partial charge on any atom is 0.407 e. The van der Waals surface area contributed by atoms with Gasteiger partial charge in [-0.1, -0.05) is 0 Å². The van der Waals surface area contributed by atoms with Crippen LogP contribution in [-0.2, 0) is 14.2 Å². The second-order valence-corrected chi connectivity index (χ2v) is 7.71. The molecule has 1 aliphatic heterocycles. The van der Waals surface area contributed by atoms with E-state index in [4.69, 9.17) is 14.2 Å². The van der Waals surface area contributed by atoms with E-state index in [1.165, 1.54) is 0 Å². The van der Waals surface area contributed by atoms with Crippen LogP contribution in [0.15, 0.2) is 0 Å². The number of carbonyl (C=O) groups is 1. The summed E-state index contributed by atoms with van der Waals surface area (Å²) in [7, 11) is 0. The summed E-state index contributed by atoms with van der Waals surface area (Å²) < 4.78 is 16.6. The molecule has 0 aromatic heterocycles. The minimum absolute atomic E-state index is 0.105. The second kappa shape index (κ2) is 6.72. The summed E-state index contributed by atoms with van der Waals surface area (Å²) in [4.78, 5) is 11.8. The zero-order valence-corrected chi connectivity index (χ0v) is 14.4. The van der Waals surface area contributed by atoms with Gasteiger partial charge in [0.1, 0.15) is 5.60 Å². The van der Waals surface area contributed by atoms with E-state index in [1.54, 1.807) is 0 Å². The molecular weight excluding hydrogens is 284 g/mol. The Morgan fingerprint density at radius 3 is 2.55 bits per heavy atom. The van der Waals surface area contributed by atoms with E-state index in [0.717, 1.165) is 25.8 Å². The van der Waals surface area contributed by atoms with Crippen LogP contribution in [0.25, 0.3) is 0 Å². The summed E-state index contributed by atoms with van der Waals surface area (Å²) in [6, 6.07) is 0.594. The van der Waals surface area contributed by atoms with Crippen LogP contribution >= 0.6 is 0 Å². The molecule has 2 aliphatic rings. The van der Waals surface area contributed by atoms with Crippen molar-refractivity contribution in [1.82, 2.24) is 10.6 Å². The first-order chi connectivity index (χ1) is 10.1. The molecule has 0 aromatic carbocycles. The molecule has 0 aromatic rings. The fourth-order valence-electron chi connectivity index (χ4n) is 2.93. The third-order valence-electron chi connectivity index (χ3n) is 3.85. The smallest absolute Gasteiger partial charge is 0.407 e. The van der Waals surface area contributed by atoms with Gasteiger partial charge in [-0.3, -0.25) is 0 Å². The number of nitrogens with one attached hydrogen (secondary N) is 2. The lowest BCUT2D eigenvalue weighted by molar-refractivity contribution is -0.137. The molecule has 0 radical (unpaired) electrons. The van der Waals surface area contributed by atoms with Crippen LogP contribution in [0.2, 0.25) is 0 Å². The largest absolute Gasteiger partial charge is 0.444 e. The molecule has 0 bridgehead atoms. The van der Waals surface area contributed by atoms with Crippen LogP contribution in [-0.4, -0.2) is 48.8 Å². The fraction of sp³-hybridized carbons (Fsp3) is 0.938. The van der Waals surface area contributed by atoms with E-state index < -0.39 is 11.4 Å². The van der Waals surface area contributed by atoms with Crippen molar-refractivity contribution in [2.24, 2.45) is 0 Å². The first-order valence-corrected chi connectivity index (χ1v) is 8.18. The highest BCUT2D eigenvalue weighted by Gasteiger charge is 2.33. The molecule has 1 amide bonds. The molecule has 128 valence electrons. The zero-order chi connectivity index (χ0) is 16.4. The van der Waals surface area contributed by atoms with Crippen LogP contribution in [0, 0.1) is 0 Å². The van der Waals surface area contributed by atoms with Gasteiger partial charge in [0, 0.05) is 18.6 Å². The van der Waals surface area contributed by atoms with Crippen molar-refractivity contribution in [3.05, 3.63) is 0 Å². The van der Waals surface area contributed by atoms with E-state index >= 15 is 0 Å². The number of ether oxygens (including phenoxy) is 3. The highest BCUT2D eigenvalue weighted by atomic mass is 16.7. The standard InChI is InChI=1S/C16H30N2O4/c1-15(2,3)22-14(19)18-12-7-6-11(8-12)17-9-13-10-20-16(4,5)21-13/h11-13,17H,6-10H2,1-5H3,(H,18,19). The number of rotatable bonds is 4. The molecule has 0 spiro atoms. The molecule has 1 saturated carbocycles. The summed E-state index contributed by atoms with van der Waals surface area (Å²) in [6.45, 7) is 10.9. The summed E-state index contributed by atoms with van der Waals surface area (Å²) >= 11 is 0. The number of carbonyl (C=O) groups excluding carboxylic acids is 1. The van der Waals surface area contributed by atoms with Gasteiger partial charge >= 0.3 is 6.09 Å². The van der Waals surface area contributed by atoms with Crippen molar-refractivity contribution < 1.29 is 19.0 Å². The Labute approximate surface area is 133 Å². The monoisotopic (exact) mass is 314 g/mol. The SMILES string of the molecule is CC(C)(C)OC(=O)NC1CCC(NCC2COC(C)(C)O2)C1. The molecule has 6 nitrogen and oxygen atoms in total. The summed E-state index contributed by atoms with van der Waals surface area (Å²) in [6.07, 6.45) is 2.73. The van der Waals surface area contributed by atoms with Crippen LogP contribution in [0.4, 0.5) is 4.79 Å². The lowest BCUT2D eigenvalue weighted by atomic mass is 10.2. The molecule has 6 heteroatoms. The lowest BCUT2D eigenvalue weighted by Gasteiger charge is -2.22. The molecule has 2 fully saturated rings. The van der Waals surface area contributed by atoms with Gasteiger partial charge in [0.2, 0.25) is 0 Å². The average molecular weight is 314 g/mol. The predicted octanol–water partition coefficient (Wildman–Crippen LogP) is 2.17. The Morgan fingerprint density at radius 1 is 1.27 bits per heavy atom. The molecule has 3 unspecified atom stereocenters. The minimum atomic E-state index is -0.469. The topological polar surface area (TPSA) is 68.8 Å². The third-order valence-corrected chi connectivity index (χ3v) is 3.85. The normalized spacial score (nSPS) is 31.2. The minimum Gasteiger partial charge on any atom is -0.444 e.